The summed E-state index contributed by atoms with van der Waals surface area (Å²) in [5.74, 6) is 0. The van der Waals surface area contributed by atoms with E-state index in [0.29, 0.717) is 0 Å². The molecular weight excluding hydrogens is 252 g/mol. The Morgan fingerprint density at radius 2 is 1.90 bits per heavy atom. The largest absolute Gasteiger partial charge is 0.271 e. The molecule has 3 heterocycles. The summed E-state index contributed by atoms with van der Waals surface area (Å²) in [7, 11) is 0. The first-order valence-electron chi connectivity index (χ1n) is 6.34. The van der Waals surface area contributed by atoms with Crippen LogP contribution in [0.4, 0.5) is 0 Å². The maximum absolute atomic E-state index is 4.45. The average Bonchev–Trinajstić information content (AvgIpc) is 3.06. The molecule has 6 nitrogen and oxygen atoms in total. The number of hydrogen-bond acceptors (Lipinski definition) is 4. The van der Waals surface area contributed by atoms with Crippen molar-refractivity contribution >= 4 is 16.7 Å². The van der Waals surface area contributed by atoms with Gasteiger partial charge in [-0.2, -0.15) is 5.10 Å². The minimum Gasteiger partial charge on any atom is -0.271 e. The van der Waals surface area contributed by atoms with E-state index in [0.717, 1.165) is 22.4 Å². The van der Waals surface area contributed by atoms with Crippen LogP contribution in [0.3, 0.4) is 0 Å². The van der Waals surface area contributed by atoms with Crippen LogP contribution >= 0.6 is 0 Å². The van der Waals surface area contributed by atoms with Crippen molar-refractivity contribution in [2.24, 2.45) is 0 Å². The SMILES string of the molecule is Cc1ccc(-n2ncc3c2ncn2cnnc32)cc1C. The zero-order chi connectivity index (χ0) is 13.7. The molecule has 20 heavy (non-hydrogen) atoms. The van der Waals surface area contributed by atoms with Crippen molar-refractivity contribution in [1.82, 2.24) is 29.4 Å². The molecule has 0 bridgehead atoms. The van der Waals surface area contributed by atoms with E-state index in [4.69, 9.17) is 0 Å². The van der Waals surface area contributed by atoms with Crippen LogP contribution in [-0.2, 0) is 0 Å². The average molecular weight is 264 g/mol. The van der Waals surface area contributed by atoms with E-state index in [9.17, 15) is 0 Å². The molecule has 0 aliphatic heterocycles. The van der Waals surface area contributed by atoms with Gasteiger partial charge < -0.3 is 0 Å². The maximum atomic E-state index is 4.45. The fraction of sp³-hybridized carbons (Fsp3) is 0.143. The van der Waals surface area contributed by atoms with Gasteiger partial charge in [-0.25, -0.2) is 9.67 Å². The van der Waals surface area contributed by atoms with E-state index < -0.39 is 0 Å². The second-order valence-electron chi connectivity index (χ2n) is 4.87. The van der Waals surface area contributed by atoms with Crippen LogP contribution < -0.4 is 0 Å². The molecule has 98 valence electrons. The van der Waals surface area contributed by atoms with Crippen molar-refractivity contribution in [3.63, 3.8) is 0 Å². The second-order valence-corrected chi connectivity index (χ2v) is 4.87. The van der Waals surface area contributed by atoms with Gasteiger partial charge in [0.2, 0.25) is 0 Å². The Labute approximate surface area is 114 Å². The Kier molecular flexibility index (Phi) is 2.14. The predicted molar refractivity (Wildman–Crippen MR) is 74.9 cm³/mol. The molecule has 1 aromatic carbocycles. The maximum Gasteiger partial charge on any atom is 0.174 e. The standard InChI is InChI=1S/C14H12N6/c1-9-3-4-11(5-10(9)2)20-13-12(6-17-20)14-18-16-8-19(14)7-15-13/h3-8H,1-2H3. The van der Waals surface area contributed by atoms with Crippen molar-refractivity contribution in [2.45, 2.75) is 13.8 Å². The van der Waals surface area contributed by atoms with Gasteiger partial charge in [0.15, 0.2) is 11.3 Å². The van der Waals surface area contributed by atoms with Crippen LogP contribution in [-0.4, -0.2) is 29.4 Å². The number of benzene rings is 1. The van der Waals surface area contributed by atoms with E-state index in [1.165, 1.54) is 11.1 Å². The lowest BCUT2D eigenvalue weighted by atomic mass is 10.1. The zero-order valence-electron chi connectivity index (χ0n) is 11.1. The van der Waals surface area contributed by atoms with Crippen LogP contribution in [0, 0.1) is 13.8 Å². The minimum atomic E-state index is 0.769. The lowest BCUT2D eigenvalue weighted by molar-refractivity contribution is 0.891. The highest BCUT2D eigenvalue weighted by atomic mass is 15.3. The van der Waals surface area contributed by atoms with E-state index in [-0.39, 0.29) is 0 Å². The lowest BCUT2D eigenvalue weighted by Crippen LogP contribution is -1.99. The molecule has 0 aliphatic carbocycles. The smallest absolute Gasteiger partial charge is 0.174 e. The van der Waals surface area contributed by atoms with Gasteiger partial charge in [0.25, 0.3) is 0 Å². The number of hydrogen-bond donors (Lipinski definition) is 0. The fourth-order valence-corrected chi connectivity index (χ4v) is 2.31. The van der Waals surface area contributed by atoms with Crippen LogP contribution in [0.25, 0.3) is 22.4 Å². The first-order chi connectivity index (χ1) is 9.74. The number of rotatable bonds is 1. The Morgan fingerprint density at radius 1 is 1.00 bits per heavy atom. The molecule has 4 aromatic rings. The molecule has 0 aliphatic rings. The molecule has 4 rings (SSSR count). The third-order valence-electron chi connectivity index (χ3n) is 3.60. The molecule has 0 saturated heterocycles. The van der Waals surface area contributed by atoms with Gasteiger partial charge in [0.1, 0.15) is 12.7 Å². The Morgan fingerprint density at radius 3 is 2.75 bits per heavy atom. The van der Waals surface area contributed by atoms with Crippen molar-refractivity contribution < 1.29 is 0 Å². The molecule has 0 N–H and O–H groups in total. The third-order valence-corrected chi connectivity index (χ3v) is 3.60. The van der Waals surface area contributed by atoms with Crippen molar-refractivity contribution in [1.29, 1.82) is 0 Å². The van der Waals surface area contributed by atoms with Crippen LogP contribution in [0.15, 0.2) is 37.1 Å². The molecule has 0 atom stereocenters. The van der Waals surface area contributed by atoms with Gasteiger partial charge in [-0.05, 0) is 37.1 Å². The predicted octanol–water partition coefficient (Wildman–Crippen LogP) is 2.08. The summed E-state index contributed by atoms with van der Waals surface area (Å²) in [5, 5.41) is 13.3. The van der Waals surface area contributed by atoms with Crippen LogP contribution in [0.2, 0.25) is 0 Å². The molecule has 0 fully saturated rings. The summed E-state index contributed by atoms with van der Waals surface area (Å²) >= 11 is 0. The number of fused-ring (bicyclic) bond motifs is 3. The highest BCUT2D eigenvalue weighted by Crippen LogP contribution is 2.20. The van der Waals surface area contributed by atoms with Crippen molar-refractivity contribution in [2.75, 3.05) is 0 Å². The molecule has 0 unspecified atom stereocenters. The topological polar surface area (TPSA) is 60.9 Å². The van der Waals surface area contributed by atoms with Gasteiger partial charge in [-0.15, -0.1) is 10.2 Å². The number of aryl methyl sites for hydroxylation is 2. The normalized spacial score (nSPS) is 11.5. The highest BCUT2D eigenvalue weighted by Gasteiger charge is 2.11. The van der Waals surface area contributed by atoms with E-state index in [1.807, 2.05) is 10.7 Å². The summed E-state index contributed by atoms with van der Waals surface area (Å²) in [5.41, 5.74) is 5.05. The molecule has 0 saturated carbocycles. The third kappa shape index (κ3) is 1.45. The summed E-state index contributed by atoms with van der Waals surface area (Å²) in [6.07, 6.45) is 5.12. The number of nitrogens with zero attached hydrogens (tertiary/aromatic N) is 6. The molecule has 0 radical (unpaired) electrons. The Hall–Kier alpha value is -2.76. The van der Waals surface area contributed by atoms with E-state index in [1.54, 1.807) is 23.3 Å². The van der Waals surface area contributed by atoms with Gasteiger partial charge >= 0.3 is 0 Å². The van der Waals surface area contributed by atoms with Gasteiger partial charge in [-0.3, -0.25) is 4.40 Å². The quantitative estimate of drug-likeness (QED) is 0.528. The summed E-state index contributed by atoms with van der Waals surface area (Å²) in [4.78, 5) is 4.45. The van der Waals surface area contributed by atoms with Gasteiger partial charge in [-0.1, -0.05) is 6.07 Å². The van der Waals surface area contributed by atoms with Gasteiger partial charge in [0.05, 0.1) is 17.3 Å². The lowest BCUT2D eigenvalue weighted by Gasteiger charge is -2.06. The Balaban J connectivity index is 2.02. The van der Waals surface area contributed by atoms with E-state index in [2.05, 4.69) is 46.3 Å². The van der Waals surface area contributed by atoms with Crippen LogP contribution in [0.1, 0.15) is 11.1 Å². The molecule has 6 heteroatoms. The van der Waals surface area contributed by atoms with Gasteiger partial charge in [0, 0.05) is 0 Å². The zero-order valence-corrected chi connectivity index (χ0v) is 11.1. The molecule has 0 spiro atoms. The van der Waals surface area contributed by atoms with Crippen molar-refractivity contribution in [3.8, 4) is 5.69 Å². The Bertz CT molecular complexity index is 933. The van der Waals surface area contributed by atoms with Crippen LogP contribution in [0.5, 0.6) is 0 Å². The summed E-state index contributed by atoms with van der Waals surface area (Å²) < 4.78 is 3.62. The van der Waals surface area contributed by atoms with E-state index >= 15 is 0 Å². The highest BCUT2D eigenvalue weighted by molar-refractivity contribution is 5.89. The monoisotopic (exact) mass is 264 g/mol. The first kappa shape index (κ1) is 11.1. The molecule has 3 aromatic heterocycles. The fourth-order valence-electron chi connectivity index (χ4n) is 2.31. The minimum absolute atomic E-state index is 0.769. The van der Waals surface area contributed by atoms with Crippen molar-refractivity contribution in [3.05, 3.63) is 48.2 Å². The summed E-state index contributed by atoms with van der Waals surface area (Å²) in [6.45, 7) is 4.19. The summed E-state index contributed by atoms with van der Waals surface area (Å²) in [6, 6.07) is 6.25. The first-order valence-corrected chi connectivity index (χ1v) is 6.34. The second kappa shape index (κ2) is 3.86. The molecular formula is C14H12N6. The number of aromatic nitrogens is 6. The molecule has 0 amide bonds.